The number of hydrogen-bond acceptors (Lipinski definition) is 4. The van der Waals surface area contributed by atoms with E-state index in [9.17, 15) is 4.79 Å². The lowest BCUT2D eigenvalue weighted by molar-refractivity contribution is -0.122. The molecule has 2 aromatic heterocycles. The van der Waals surface area contributed by atoms with Crippen molar-refractivity contribution in [2.24, 2.45) is 0 Å². The molecule has 0 aliphatic carbocycles. The zero-order valence-electron chi connectivity index (χ0n) is 15.0. The largest absolute Gasteiger partial charge is 0.481 e. The number of aromatic nitrogens is 2. The van der Waals surface area contributed by atoms with E-state index in [-0.39, 0.29) is 5.91 Å². The molecule has 27 heavy (non-hydrogen) atoms. The standard InChI is InChI=1S/C21H19N3O2S/c1-14-8-10-17(11-9-14)26-15(2)20(25)23-19-18(16-6-4-3-5-7-16)22-21-24(19)12-13-27-21/h3-13,15H,1-2H3,(H,23,25)/t15-/m0/s1. The van der Waals surface area contributed by atoms with Crippen molar-refractivity contribution in [1.82, 2.24) is 9.38 Å². The van der Waals surface area contributed by atoms with Gasteiger partial charge in [-0.3, -0.25) is 9.20 Å². The molecule has 0 aliphatic rings. The molecule has 4 aromatic rings. The molecule has 136 valence electrons. The summed E-state index contributed by atoms with van der Waals surface area (Å²) in [6, 6.07) is 17.5. The van der Waals surface area contributed by atoms with Crippen molar-refractivity contribution in [1.29, 1.82) is 0 Å². The van der Waals surface area contributed by atoms with Crippen molar-refractivity contribution in [2.75, 3.05) is 5.32 Å². The number of nitrogens with one attached hydrogen (secondary N) is 1. The van der Waals surface area contributed by atoms with Crippen molar-refractivity contribution < 1.29 is 9.53 Å². The van der Waals surface area contributed by atoms with Gasteiger partial charge in [-0.25, -0.2) is 4.98 Å². The van der Waals surface area contributed by atoms with E-state index in [0.29, 0.717) is 11.6 Å². The van der Waals surface area contributed by atoms with Gasteiger partial charge in [0, 0.05) is 17.1 Å². The number of carbonyl (C=O) groups is 1. The molecule has 0 unspecified atom stereocenters. The van der Waals surface area contributed by atoms with Crippen molar-refractivity contribution in [3.63, 3.8) is 0 Å². The van der Waals surface area contributed by atoms with Crippen molar-refractivity contribution in [3.05, 3.63) is 71.7 Å². The smallest absolute Gasteiger partial charge is 0.266 e. The first-order chi connectivity index (χ1) is 13.1. The lowest BCUT2D eigenvalue weighted by Gasteiger charge is -2.15. The highest BCUT2D eigenvalue weighted by molar-refractivity contribution is 7.15. The maximum Gasteiger partial charge on any atom is 0.266 e. The predicted octanol–water partition coefficient (Wildman–Crippen LogP) is 4.78. The number of thiazole rings is 1. The molecule has 0 aliphatic heterocycles. The third kappa shape index (κ3) is 3.57. The molecule has 1 N–H and O–H groups in total. The summed E-state index contributed by atoms with van der Waals surface area (Å²) in [7, 11) is 0. The number of aryl methyl sites for hydroxylation is 1. The molecule has 0 saturated heterocycles. The number of amides is 1. The Labute approximate surface area is 161 Å². The number of fused-ring (bicyclic) bond motifs is 1. The fraction of sp³-hybridized carbons (Fsp3) is 0.143. The molecule has 0 spiro atoms. The van der Waals surface area contributed by atoms with Gasteiger partial charge in [-0.2, -0.15) is 0 Å². The Morgan fingerprint density at radius 2 is 1.89 bits per heavy atom. The molecule has 2 aromatic carbocycles. The SMILES string of the molecule is Cc1ccc(O[C@@H](C)C(=O)Nc2c(-c3ccccc3)nc3sccn23)cc1. The van der Waals surface area contributed by atoms with E-state index in [1.165, 1.54) is 11.3 Å². The fourth-order valence-electron chi connectivity index (χ4n) is 2.80. The number of imidazole rings is 1. The second-order valence-electron chi connectivity index (χ2n) is 6.29. The minimum atomic E-state index is -0.638. The molecular formula is C21H19N3O2S. The van der Waals surface area contributed by atoms with Crippen LogP contribution in [0.15, 0.2) is 66.2 Å². The molecule has 0 fully saturated rings. The molecule has 4 rings (SSSR count). The summed E-state index contributed by atoms with van der Waals surface area (Å²) in [5.41, 5.74) is 2.85. The molecule has 2 heterocycles. The van der Waals surface area contributed by atoms with E-state index in [0.717, 1.165) is 21.8 Å². The first kappa shape index (κ1) is 17.3. The van der Waals surface area contributed by atoms with Gasteiger partial charge in [0.25, 0.3) is 5.91 Å². The van der Waals surface area contributed by atoms with Crippen LogP contribution >= 0.6 is 11.3 Å². The van der Waals surface area contributed by atoms with E-state index in [1.54, 1.807) is 6.92 Å². The number of nitrogens with zero attached hydrogens (tertiary/aromatic N) is 2. The minimum absolute atomic E-state index is 0.222. The topological polar surface area (TPSA) is 55.6 Å². The van der Waals surface area contributed by atoms with Crippen LogP contribution in [0, 0.1) is 6.92 Å². The molecule has 5 nitrogen and oxygen atoms in total. The van der Waals surface area contributed by atoms with Crippen molar-refractivity contribution >= 4 is 28.0 Å². The van der Waals surface area contributed by atoms with E-state index < -0.39 is 6.10 Å². The summed E-state index contributed by atoms with van der Waals surface area (Å²) < 4.78 is 7.67. The Hall–Kier alpha value is -3.12. The van der Waals surface area contributed by atoms with Crippen LogP contribution in [0.5, 0.6) is 5.75 Å². The van der Waals surface area contributed by atoms with Gasteiger partial charge in [0.15, 0.2) is 11.1 Å². The number of rotatable bonds is 5. The Kier molecular flexibility index (Phi) is 4.64. The monoisotopic (exact) mass is 377 g/mol. The quantitative estimate of drug-likeness (QED) is 0.545. The van der Waals surface area contributed by atoms with Crippen molar-refractivity contribution in [2.45, 2.75) is 20.0 Å². The first-order valence-electron chi connectivity index (χ1n) is 8.67. The molecule has 0 saturated carbocycles. The summed E-state index contributed by atoms with van der Waals surface area (Å²) in [6.07, 6.45) is 1.26. The van der Waals surface area contributed by atoms with Crippen LogP contribution < -0.4 is 10.1 Å². The van der Waals surface area contributed by atoms with Gasteiger partial charge in [-0.05, 0) is 26.0 Å². The van der Waals surface area contributed by atoms with Gasteiger partial charge in [-0.15, -0.1) is 11.3 Å². The van der Waals surface area contributed by atoms with Gasteiger partial charge < -0.3 is 10.1 Å². The van der Waals surface area contributed by atoms with Gasteiger partial charge in [0.2, 0.25) is 0 Å². The van der Waals surface area contributed by atoms with E-state index in [1.807, 2.05) is 77.5 Å². The highest BCUT2D eigenvalue weighted by Gasteiger charge is 2.21. The zero-order chi connectivity index (χ0) is 18.8. The van der Waals surface area contributed by atoms with E-state index >= 15 is 0 Å². The Balaban J connectivity index is 1.59. The highest BCUT2D eigenvalue weighted by Crippen LogP contribution is 2.30. The maximum absolute atomic E-state index is 12.8. The fourth-order valence-corrected chi connectivity index (χ4v) is 3.51. The number of hydrogen-bond donors (Lipinski definition) is 1. The molecule has 1 amide bonds. The number of anilines is 1. The molecular weight excluding hydrogens is 358 g/mol. The number of carbonyl (C=O) groups excluding carboxylic acids is 1. The average Bonchev–Trinajstić information content (AvgIpc) is 3.27. The van der Waals surface area contributed by atoms with Crippen LogP contribution in [0.1, 0.15) is 12.5 Å². The van der Waals surface area contributed by atoms with E-state index in [4.69, 9.17) is 4.74 Å². The first-order valence-corrected chi connectivity index (χ1v) is 9.55. The molecule has 0 radical (unpaired) electrons. The van der Waals surface area contributed by atoms with Crippen LogP contribution in [-0.4, -0.2) is 21.4 Å². The summed E-state index contributed by atoms with van der Waals surface area (Å²) in [5, 5.41) is 4.94. The van der Waals surface area contributed by atoms with Crippen LogP contribution in [-0.2, 0) is 4.79 Å². The van der Waals surface area contributed by atoms with Crippen LogP contribution in [0.2, 0.25) is 0 Å². The predicted molar refractivity (Wildman–Crippen MR) is 108 cm³/mol. The Bertz CT molecular complexity index is 1070. The maximum atomic E-state index is 12.8. The number of ether oxygens (including phenoxy) is 1. The van der Waals surface area contributed by atoms with Gasteiger partial charge in [-0.1, -0.05) is 48.0 Å². The van der Waals surface area contributed by atoms with Gasteiger partial charge >= 0.3 is 0 Å². The Morgan fingerprint density at radius 3 is 2.63 bits per heavy atom. The molecule has 6 heteroatoms. The zero-order valence-corrected chi connectivity index (χ0v) is 15.9. The van der Waals surface area contributed by atoms with Crippen LogP contribution in [0.3, 0.4) is 0 Å². The summed E-state index contributed by atoms with van der Waals surface area (Å²) in [5.74, 6) is 1.10. The summed E-state index contributed by atoms with van der Waals surface area (Å²) >= 11 is 1.53. The van der Waals surface area contributed by atoms with E-state index in [2.05, 4.69) is 10.3 Å². The van der Waals surface area contributed by atoms with Crippen molar-refractivity contribution in [3.8, 4) is 17.0 Å². The molecule has 0 bridgehead atoms. The highest BCUT2D eigenvalue weighted by atomic mass is 32.1. The van der Waals surface area contributed by atoms with Gasteiger partial charge in [0.1, 0.15) is 17.3 Å². The third-order valence-electron chi connectivity index (χ3n) is 4.25. The summed E-state index contributed by atoms with van der Waals surface area (Å²) in [4.78, 5) is 18.3. The molecule has 1 atom stereocenters. The lowest BCUT2D eigenvalue weighted by atomic mass is 10.1. The second-order valence-corrected chi connectivity index (χ2v) is 7.17. The number of benzene rings is 2. The minimum Gasteiger partial charge on any atom is -0.481 e. The Morgan fingerprint density at radius 1 is 1.15 bits per heavy atom. The summed E-state index contributed by atoms with van der Waals surface area (Å²) in [6.45, 7) is 3.75. The van der Waals surface area contributed by atoms with Gasteiger partial charge in [0.05, 0.1) is 0 Å². The lowest BCUT2D eigenvalue weighted by Crippen LogP contribution is -2.30. The van der Waals surface area contributed by atoms with Crippen LogP contribution in [0.25, 0.3) is 16.2 Å². The second kappa shape index (κ2) is 7.25. The van der Waals surface area contributed by atoms with Crippen LogP contribution in [0.4, 0.5) is 5.82 Å². The normalized spacial score (nSPS) is 12.1. The average molecular weight is 377 g/mol. The third-order valence-corrected chi connectivity index (χ3v) is 5.01.